The van der Waals surface area contributed by atoms with Crippen molar-refractivity contribution in [2.75, 3.05) is 18.0 Å². The van der Waals surface area contributed by atoms with E-state index in [0.29, 0.717) is 18.9 Å². The average molecular weight is 554 g/mol. The van der Waals surface area contributed by atoms with Gasteiger partial charge in [0.05, 0.1) is 25.4 Å². The highest BCUT2D eigenvalue weighted by Gasteiger charge is 2.43. The minimum absolute atomic E-state index is 0.0166. The van der Waals surface area contributed by atoms with Crippen LogP contribution in [0.15, 0.2) is 35.2 Å². The molecule has 0 bridgehead atoms. The maximum atomic E-state index is 14.0. The lowest BCUT2D eigenvalue weighted by atomic mass is 10.1. The van der Waals surface area contributed by atoms with Crippen LogP contribution < -0.4 is 14.9 Å². The highest BCUT2D eigenvalue weighted by molar-refractivity contribution is 7.89. The molecule has 0 aliphatic carbocycles. The predicted octanol–water partition coefficient (Wildman–Crippen LogP) is 3.10. The van der Waals surface area contributed by atoms with Crippen molar-refractivity contribution in [2.45, 2.75) is 36.4 Å². The van der Waals surface area contributed by atoms with Crippen LogP contribution in [0, 0.1) is 0 Å². The first-order valence-electron chi connectivity index (χ1n) is 10.1. The Morgan fingerprint density at radius 1 is 1.20 bits per heavy atom. The van der Waals surface area contributed by atoms with E-state index in [2.05, 4.69) is 5.32 Å². The molecule has 15 heteroatoms. The van der Waals surface area contributed by atoms with E-state index < -0.39 is 62.7 Å². The second-order valence-electron chi connectivity index (χ2n) is 7.48. The van der Waals surface area contributed by atoms with E-state index in [9.17, 15) is 41.1 Å². The minimum atomic E-state index is -5.18. The fourth-order valence-corrected chi connectivity index (χ4v) is 5.85. The number of hydrogen-bond donors (Lipinski definition) is 3. The molecule has 0 saturated carbocycles. The Morgan fingerprint density at radius 2 is 1.91 bits per heavy atom. The highest BCUT2D eigenvalue weighted by Crippen LogP contribution is 2.41. The summed E-state index contributed by atoms with van der Waals surface area (Å²) in [4.78, 5) is 35.8. The van der Waals surface area contributed by atoms with Crippen molar-refractivity contribution in [3.8, 4) is 0 Å². The summed E-state index contributed by atoms with van der Waals surface area (Å²) in [6, 6.07) is 3.52. The van der Waals surface area contributed by atoms with Gasteiger partial charge >= 0.3 is 12.1 Å². The Hall–Kier alpha value is -2.68. The van der Waals surface area contributed by atoms with Crippen molar-refractivity contribution in [1.82, 2.24) is 10.0 Å². The van der Waals surface area contributed by atoms with Crippen molar-refractivity contribution in [1.29, 1.82) is 0 Å². The molecule has 1 aromatic carbocycles. The number of hydrogen-bond acceptors (Lipinski definition) is 6. The molecule has 1 unspecified atom stereocenters. The van der Waals surface area contributed by atoms with Gasteiger partial charge in [0.1, 0.15) is 6.04 Å². The third-order valence-electron chi connectivity index (χ3n) is 5.05. The Balaban J connectivity index is 1.92. The molecule has 3 N–H and O–H groups in total. The van der Waals surface area contributed by atoms with Gasteiger partial charge in [0.15, 0.2) is 0 Å². The molecule has 1 aliphatic rings. The molecule has 0 spiro atoms. The smallest absolute Gasteiger partial charge is 0.419 e. The van der Waals surface area contributed by atoms with Gasteiger partial charge in [-0.2, -0.15) is 17.9 Å². The molecular weight excluding hydrogens is 535 g/mol. The van der Waals surface area contributed by atoms with Gasteiger partial charge in [-0.05, 0) is 37.1 Å². The van der Waals surface area contributed by atoms with E-state index in [1.54, 1.807) is 4.72 Å². The molecule has 2 heterocycles. The molecule has 1 atom stereocenters. The summed E-state index contributed by atoms with van der Waals surface area (Å²) in [6.07, 6.45) is -4.22. The summed E-state index contributed by atoms with van der Waals surface area (Å²) in [6.45, 7) is -0.774. The van der Waals surface area contributed by atoms with Crippen LogP contribution in [0.25, 0.3) is 0 Å². The van der Waals surface area contributed by atoms with E-state index in [4.69, 9.17) is 11.6 Å². The molecule has 2 aromatic rings. The van der Waals surface area contributed by atoms with Gasteiger partial charge in [0, 0.05) is 19.5 Å². The number of sulfonamides is 1. The number of benzene rings is 1. The number of carboxylic acids is 1. The number of piperidine rings is 1. The third-order valence-corrected chi connectivity index (χ3v) is 7.79. The Bertz CT molecular complexity index is 1250. The van der Waals surface area contributed by atoms with Crippen molar-refractivity contribution >= 4 is 56.4 Å². The molecule has 3 rings (SSSR count). The molecule has 190 valence electrons. The maximum Gasteiger partial charge on any atom is 0.419 e. The number of thiophene rings is 1. The third kappa shape index (κ3) is 6.31. The minimum Gasteiger partial charge on any atom is -0.480 e. The number of halogens is 4. The Morgan fingerprint density at radius 3 is 2.49 bits per heavy atom. The summed E-state index contributed by atoms with van der Waals surface area (Å²) >= 11 is 6.63. The molecule has 1 fully saturated rings. The number of nitrogens with one attached hydrogen (secondary N) is 2. The molecule has 1 aromatic heterocycles. The van der Waals surface area contributed by atoms with Gasteiger partial charge < -0.3 is 15.3 Å². The highest BCUT2D eigenvalue weighted by atomic mass is 35.5. The number of carbonyl (C=O) groups is 3. The molecule has 9 nitrogen and oxygen atoms in total. The van der Waals surface area contributed by atoms with Crippen LogP contribution in [-0.2, 0) is 25.8 Å². The number of carbonyl (C=O) groups excluding carboxylic acids is 2. The molecule has 0 radical (unpaired) electrons. The summed E-state index contributed by atoms with van der Waals surface area (Å²) in [5, 5.41) is 11.6. The lowest BCUT2D eigenvalue weighted by molar-refractivity contribution is -0.139. The van der Waals surface area contributed by atoms with E-state index in [1.807, 2.05) is 0 Å². The average Bonchev–Trinajstić information content (AvgIpc) is 3.22. The first-order chi connectivity index (χ1) is 16.3. The molecule has 35 heavy (non-hydrogen) atoms. The van der Waals surface area contributed by atoms with E-state index in [1.165, 1.54) is 12.1 Å². The molecular formula is C20H19ClF3N3O6S2. The molecule has 2 amide bonds. The molecule has 1 aliphatic heterocycles. The quantitative estimate of drug-likeness (QED) is 0.460. The van der Waals surface area contributed by atoms with Crippen LogP contribution in [0.3, 0.4) is 0 Å². The largest absolute Gasteiger partial charge is 0.480 e. The molecule has 1 saturated heterocycles. The predicted molar refractivity (Wildman–Crippen MR) is 121 cm³/mol. The fraction of sp³-hybridized carbons (Fsp3) is 0.350. The second kappa shape index (κ2) is 10.5. The SMILES string of the molecule is O=C(NCC(NS(=O)(=O)c1cccc(N2CCCCC2=O)c1C(F)(F)F)C(=O)O)c1ccc(Cl)s1. The number of aliphatic carboxylic acids is 1. The first kappa shape index (κ1) is 26.9. The van der Waals surface area contributed by atoms with Crippen LogP contribution in [0.2, 0.25) is 4.34 Å². The van der Waals surface area contributed by atoms with Crippen molar-refractivity contribution in [3.05, 3.63) is 45.1 Å². The van der Waals surface area contributed by atoms with Crippen LogP contribution in [0.1, 0.15) is 34.5 Å². The Kier molecular flexibility index (Phi) is 8.09. The first-order valence-corrected chi connectivity index (χ1v) is 12.8. The van der Waals surface area contributed by atoms with Crippen LogP contribution in [0.4, 0.5) is 18.9 Å². The van der Waals surface area contributed by atoms with Crippen LogP contribution in [0.5, 0.6) is 0 Å². The number of nitrogens with zero attached hydrogens (tertiary/aromatic N) is 1. The van der Waals surface area contributed by atoms with Gasteiger partial charge in [0.2, 0.25) is 15.9 Å². The standard InChI is InChI=1S/C20H19ClF3N3O6S2/c21-15-8-7-13(34-15)18(29)25-10-11(19(30)31)26-35(32,33)14-5-3-4-12(17(14)20(22,23)24)27-9-2-1-6-16(27)28/h3-5,7-8,11,26H,1-2,6,9-10H2,(H,25,29)(H,30,31). The van der Waals surface area contributed by atoms with E-state index in [-0.39, 0.29) is 22.2 Å². The topological polar surface area (TPSA) is 133 Å². The van der Waals surface area contributed by atoms with Gasteiger partial charge in [-0.1, -0.05) is 17.7 Å². The van der Waals surface area contributed by atoms with Crippen LogP contribution >= 0.6 is 22.9 Å². The normalized spacial score (nSPS) is 15.7. The van der Waals surface area contributed by atoms with Crippen molar-refractivity contribution < 1.29 is 41.1 Å². The Labute approximate surface area is 206 Å². The van der Waals surface area contributed by atoms with E-state index >= 15 is 0 Å². The summed E-state index contributed by atoms with van der Waals surface area (Å²) in [5.41, 5.74) is -2.20. The van der Waals surface area contributed by atoms with Gasteiger partial charge in [-0.15, -0.1) is 11.3 Å². The number of rotatable bonds is 8. The van der Waals surface area contributed by atoms with Crippen molar-refractivity contribution in [2.24, 2.45) is 0 Å². The van der Waals surface area contributed by atoms with Gasteiger partial charge in [-0.3, -0.25) is 14.4 Å². The maximum absolute atomic E-state index is 14.0. The number of amides is 2. The number of alkyl halides is 3. The monoisotopic (exact) mass is 553 g/mol. The van der Waals surface area contributed by atoms with Crippen LogP contribution in [-0.4, -0.2) is 50.4 Å². The van der Waals surface area contributed by atoms with Crippen molar-refractivity contribution in [3.63, 3.8) is 0 Å². The fourth-order valence-electron chi connectivity index (χ4n) is 3.46. The second-order valence-corrected chi connectivity index (χ2v) is 10.9. The zero-order chi connectivity index (χ0) is 26.0. The van der Waals surface area contributed by atoms with E-state index in [0.717, 1.165) is 28.4 Å². The summed E-state index contributed by atoms with van der Waals surface area (Å²) in [7, 11) is -5.06. The van der Waals surface area contributed by atoms with Gasteiger partial charge in [-0.25, -0.2) is 8.42 Å². The number of carboxylic acid groups (broad SMARTS) is 1. The summed E-state index contributed by atoms with van der Waals surface area (Å²) in [5.74, 6) is -3.05. The number of anilines is 1. The lowest BCUT2D eigenvalue weighted by Crippen LogP contribution is -2.48. The zero-order valence-corrected chi connectivity index (χ0v) is 20.2. The zero-order valence-electron chi connectivity index (χ0n) is 17.8. The summed E-state index contributed by atoms with van der Waals surface area (Å²) < 4.78 is 70.0. The van der Waals surface area contributed by atoms with Gasteiger partial charge in [0.25, 0.3) is 5.91 Å². The lowest BCUT2D eigenvalue weighted by Gasteiger charge is -2.30.